The van der Waals surface area contributed by atoms with Crippen LogP contribution in [0, 0.1) is 6.92 Å². The van der Waals surface area contributed by atoms with E-state index >= 15 is 0 Å². The van der Waals surface area contributed by atoms with Gasteiger partial charge in [-0.2, -0.15) is 0 Å². The summed E-state index contributed by atoms with van der Waals surface area (Å²) in [6.07, 6.45) is 2.97. The van der Waals surface area contributed by atoms with Crippen LogP contribution in [0.3, 0.4) is 0 Å². The van der Waals surface area contributed by atoms with Crippen molar-refractivity contribution in [3.05, 3.63) is 45.4 Å². The van der Waals surface area contributed by atoms with E-state index in [1.54, 1.807) is 18.4 Å². The Balaban J connectivity index is 0.00000225. The molecule has 1 fully saturated rings. The van der Waals surface area contributed by atoms with Crippen LogP contribution in [0.15, 0.2) is 35.5 Å². The molecule has 0 radical (unpaired) electrons. The number of aromatic nitrogens is 1. The molecule has 0 aliphatic carbocycles. The quantitative estimate of drug-likeness (QED) is 0.389. The predicted molar refractivity (Wildman–Crippen MR) is 118 cm³/mol. The lowest BCUT2D eigenvalue weighted by atomic mass is 10.3. The van der Waals surface area contributed by atoms with Gasteiger partial charge in [0.2, 0.25) is 0 Å². The molecule has 1 aromatic carbocycles. The van der Waals surface area contributed by atoms with Gasteiger partial charge in [-0.25, -0.2) is 4.98 Å². The molecule has 0 bridgehead atoms. The summed E-state index contributed by atoms with van der Waals surface area (Å²) in [5.41, 5.74) is 1.17. The van der Waals surface area contributed by atoms with Gasteiger partial charge in [0.1, 0.15) is 5.01 Å². The van der Waals surface area contributed by atoms with Gasteiger partial charge in [-0.15, -0.1) is 35.3 Å². The Morgan fingerprint density at radius 3 is 3.00 bits per heavy atom. The Morgan fingerprint density at radius 2 is 2.32 bits per heavy atom. The van der Waals surface area contributed by atoms with E-state index < -0.39 is 0 Å². The summed E-state index contributed by atoms with van der Waals surface area (Å²) in [6, 6.07) is 8.39. The number of rotatable bonds is 4. The van der Waals surface area contributed by atoms with Gasteiger partial charge < -0.3 is 15.5 Å². The molecule has 136 valence electrons. The topological polar surface area (TPSA) is 52.6 Å². The van der Waals surface area contributed by atoms with Crippen LogP contribution in [0.1, 0.15) is 16.3 Å². The minimum atomic E-state index is 0. The summed E-state index contributed by atoms with van der Waals surface area (Å²) in [6.45, 7) is 4.72. The largest absolute Gasteiger partial charge is 0.369 e. The lowest BCUT2D eigenvalue weighted by molar-refractivity contribution is 0.648. The summed E-state index contributed by atoms with van der Waals surface area (Å²) in [4.78, 5) is 12.3. The number of benzene rings is 1. The maximum atomic E-state index is 6.09. The first-order valence-corrected chi connectivity index (χ1v) is 9.22. The van der Waals surface area contributed by atoms with Crippen LogP contribution in [-0.2, 0) is 6.54 Å². The fourth-order valence-corrected chi connectivity index (χ4v) is 3.73. The zero-order chi connectivity index (χ0) is 16.9. The third-order valence-corrected chi connectivity index (χ3v) is 5.15. The predicted octanol–water partition coefficient (Wildman–Crippen LogP) is 3.67. The number of nitrogens with one attached hydrogen (secondary N) is 2. The Morgan fingerprint density at radius 1 is 1.48 bits per heavy atom. The number of nitrogens with zero attached hydrogens (tertiary/aromatic N) is 3. The average molecular weight is 492 g/mol. The van der Waals surface area contributed by atoms with E-state index in [1.165, 1.54) is 10.6 Å². The van der Waals surface area contributed by atoms with Gasteiger partial charge >= 0.3 is 0 Å². The van der Waals surface area contributed by atoms with E-state index in [0.717, 1.165) is 35.5 Å². The molecule has 1 aliphatic rings. The third kappa shape index (κ3) is 5.72. The number of guanidine groups is 1. The van der Waals surface area contributed by atoms with Crippen molar-refractivity contribution < 1.29 is 0 Å². The fraction of sp³-hybridized carbons (Fsp3) is 0.412. The second-order valence-corrected chi connectivity index (χ2v) is 7.60. The van der Waals surface area contributed by atoms with Crippen LogP contribution in [0.4, 0.5) is 5.69 Å². The van der Waals surface area contributed by atoms with Crippen molar-refractivity contribution >= 4 is 58.6 Å². The molecule has 2 heterocycles. The maximum absolute atomic E-state index is 6.09. The molecular formula is C17H23ClIN5S. The lowest BCUT2D eigenvalue weighted by Crippen LogP contribution is -2.44. The van der Waals surface area contributed by atoms with Gasteiger partial charge in [-0.1, -0.05) is 17.7 Å². The molecule has 2 aromatic rings. The maximum Gasteiger partial charge on any atom is 0.191 e. The summed E-state index contributed by atoms with van der Waals surface area (Å²) < 4.78 is 0. The van der Waals surface area contributed by atoms with Crippen LogP contribution in [0.5, 0.6) is 0 Å². The highest BCUT2D eigenvalue weighted by atomic mass is 127. The minimum absolute atomic E-state index is 0. The van der Waals surface area contributed by atoms with Crippen molar-refractivity contribution in [3.63, 3.8) is 0 Å². The van der Waals surface area contributed by atoms with Gasteiger partial charge in [0, 0.05) is 48.0 Å². The molecular weight excluding hydrogens is 469 g/mol. The molecule has 0 spiro atoms. The zero-order valence-corrected chi connectivity index (χ0v) is 18.2. The second-order valence-electron chi connectivity index (χ2n) is 5.85. The molecule has 1 aromatic heterocycles. The summed E-state index contributed by atoms with van der Waals surface area (Å²) in [5.74, 6) is 0.820. The number of aryl methyl sites for hydroxylation is 1. The van der Waals surface area contributed by atoms with E-state index in [9.17, 15) is 0 Å². The van der Waals surface area contributed by atoms with Crippen molar-refractivity contribution in [1.29, 1.82) is 0 Å². The Hall–Kier alpha value is -1.06. The number of hydrogen-bond donors (Lipinski definition) is 2. The third-order valence-electron chi connectivity index (χ3n) is 4.00. The second kappa shape index (κ2) is 9.59. The molecule has 1 atom stereocenters. The van der Waals surface area contributed by atoms with Gasteiger partial charge in [-0.05, 0) is 31.5 Å². The van der Waals surface area contributed by atoms with Gasteiger partial charge in [0.25, 0.3) is 0 Å². The van der Waals surface area contributed by atoms with Crippen LogP contribution in [0.2, 0.25) is 5.02 Å². The van der Waals surface area contributed by atoms with E-state index in [0.29, 0.717) is 12.6 Å². The van der Waals surface area contributed by atoms with E-state index in [1.807, 2.05) is 24.4 Å². The SMILES string of the molecule is CN=C(NCc1ncc(C)s1)NC1CCN(c2cccc(Cl)c2)C1.I. The number of aliphatic imine (C=N–C) groups is 1. The van der Waals surface area contributed by atoms with E-state index in [-0.39, 0.29) is 24.0 Å². The molecule has 1 unspecified atom stereocenters. The molecule has 1 aliphatic heterocycles. The van der Waals surface area contributed by atoms with Crippen molar-refractivity contribution in [2.24, 2.45) is 4.99 Å². The first-order valence-electron chi connectivity index (χ1n) is 8.03. The monoisotopic (exact) mass is 491 g/mol. The average Bonchev–Trinajstić information content (AvgIpc) is 3.20. The van der Waals surface area contributed by atoms with Gasteiger partial charge in [-0.3, -0.25) is 4.99 Å². The van der Waals surface area contributed by atoms with E-state index in [4.69, 9.17) is 11.6 Å². The molecule has 5 nitrogen and oxygen atoms in total. The highest BCUT2D eigenvalue weighted by Gasteiger charge is 2.23. The van der Waals surface area contributed by atoms with Crippen LogP contribution < -0.4 is 15.5 Å². The Bertz CT molecular complexity index is 721. The first kappa shape index (κ1) is 20.3. The minimum Gasteiger partial charge on any atom is -0.369 e. The molecule has 0 amide bonds. The van der Waals surface area contributed by atoms with E-state index in [2.05, 4.69) is 38.5 Å². The number of hydrogen-bond acceptors (Lipinski definition) is 4. The standard InChI is InChI=1S/C17H22ClN5S.HI/c1-12-9-20-16(24-12)10-21-17(19-2)22-14-6-7-23(11-14)15-5-3-4-13(18)8-15;/h3-5,8-9,14H,6-7,10-11H2,1-2H3,(H2,19,21,22);1H. The molecule has 3 rings (SSSR count). The number of anilines is 1. The van der Waals surface area contributed by atoms with Gasteiger partial charge in [0.05, 0.1) is 6.54 Å². The highest BCUT2D eigenvalue weighted by molar-refractivity contribution is 14.0. The smallest absolute Gasteiger partial charge is 0.191 e. The molecule has 1 saturated heterocycles. The van der Waals surface area contributed by atoms with Crippen LogP contribution in [0.25, 0.3) is 0 Å². The zero-order valence-electron chi connectivity index (χ0n) is 14.3. The molecule has 2 N–H and O–H groups in total. The van der Waals surface area contributed by atoms with Crippen molar-refractivity contribution in [3.8, 4) is 0 Å². The summed E-state index contributed by atoms with van der Waals surface area (Å²) in [5, 5.41) is 8.68. The highest BCUT2D eigenvalue weighted by Crippen LogP contribution is 2.23. The first-order chi connectivity index (χ1) is 11.6. The van der Waals surface area contributed by atoms with Crippen LogP contribution in [-0.4, -0.2) is 37.1 Å². The van der Waals surface area contributed by atoms with Gasteiger partial charge in [0.15, 0.2) is 5.96 Å². The molecule has 8 heteroatoms. The lowest BCUT2D eigenvalue weighted by Gasteiger charge is -2.20. The fourth-order valence-electron chi connectivity index (χ4n) is 2.82. The summed E-state index contributed by atoms with van der Waals surface area (Å²) in [7, 11) is 1.80. The molecule has 25 heavy (non-hydrogen) atoms. The Labute approximate surface area is 174 Å². The number of halogens is 2. The normalized spacial score (nSPS) is 17.3. The Kier molecular flexibility index (Phi) is 7.77. The molecule has 0 saturated carbocycles. The van der Waals surface area contributed by atoms with Crippen molar-refractivity contribution in [2.75, 3.05) is 25.0 Å². The van der Waals surface area contributed by atoms with Crippen molar-refractivity contribution in [2.45, 2.75) is 25.9 Å². The summed E-state index contributed by atoms with van der Waals surface area (Å²) >= 11 is 7.80. The van der Waals surface area contributed by atoms with Crippen LogP contribution >= 0.6 is 46.9 Å². The number of thiazole rings is 1. The van der Waals surface area contributed by atoms with Crippen molar-refractivity contribution in [1.82, 2.24) is 15.6 Å².